The highest BCUT2D eigenvalue weighted by Crippen LogP contribution is 2.41. The maximum atomic E-state index is 12.6. The van der Waals surface area contributed by atoms with Gasteiger partial charge in [0.1, 0.15) is 5.60 Å². The van der Waals surface area contributed by atoms with Crippen molar-refractivity contribution in [3.8, 4) is 0 Å². The molecule has 2 heterocycles. The topological polar surface area (TPSA) is 47.6 Å². The largest absolute Gasteiger partial charge is 0.459 e. The van der Waals surface area contributed by atoms with Crippen LogP contribution in [0, 0.1) is 11.3 Å². The molecule has 18 heavy (non-hydrogen) atoms. The Kier molecular flexibility index (Phi) is 3.97. The summed E-state index contributed by atoms with van der Waals surface area (Å²) in [4.78, 5) is 12.6. The van der Waals surface area contributed by atoms with Crippen molar-refractivity contribution in [2.24, 2.45) is 11.3 Å². The zero-order chi connectivity index (χ0) is 13.2. The minimum Gasteiger partial charge on any atom is -0.459 e. The van der Waals surface area contributed by atoms with Gasteiger partial charge in [-0.05, 0) is 52.5 Å². The number of esters is 1. The molecule has 0 radical (unpaired) electrons. The van der Waals surface area contributed by atoms with Crippen LogP contribution in [0.15, 0.2) is 0 Å². The lowest BCUT2D eigenvalue weighted by molar-refractivity contribution is -0.172. The van der Waals surface area contributed by atoms with Crippen molar-refractivity contribution >= 4 is 5.97 Å². The molecule has 4 heteroatoms. The van der Waals surface area contributed by atoms with Crippen molar-refractivity contribution < 1.29 is 14.3 Å². The van der Waals surface area contributed by atoms with E-state index in [1.54, 1.807) is 0 Å². The van der Waals surface area contributed by atoms with Crippen LogP contribution >= 0.6 is 0 Å². The summed E-state index contributed by atoms with van der Waals surface area (Å²) in [5, 5.41) is 3.34. The number of rotatable bonds is 2. The van der Waals surface area contributed by atoms with Crippen LogP contribution in [0.3, 0.4) is 0 Å². The van der Waals surface area contributed by atoms with Gasteiger partial charge in [-0.25, -0.2) is 0 Å². The van der Waals surface area contributed by atoms with E-state index >= 15 is 0 Å². The molecular weight excluding hydrogens is 230 g/mol. The molecule has 0 spiro atoms. The van der Waals surface area contributed by atoms with E-state index in [1.165, 1.54) is 0 Å². The molecule has 1 N–H and O–H groups in total. The molecule has 0 aromatic carbocycles. The molecule has 2 rings (SSSR count). The van der Waals surface area contributed by atoms with Gasteiger partial charge >= 0.3 is 5.97 Å². The summed E-state index contributed by atoms with van der Waals surface area (Å²) in [6, 6.07) is 0. The molecule has 2 fully saturated rings. The first kappa shape index (κ1) is 13.8. The molecule has 0 aromatic rings. The molecule has 2 aliphatic rings. The second-order valence-electron chi connectivity index (χ2n) is 6.47. The molecule has 0 aliphatic carbocycles. The van der Waals surface area contributed by atoms with Crippen molar-refractivity contribution in [3.63, 3.8) is 0 Å². The monoisotopic (exact) mass is 255 g/mol. The standard InChI is InChI=1S/C14H25NO3/c1-13(2,3)18-12(16)14(6-7-15-10-14)11-4-8-17-9-5-11/h11,15H,4-10H2,1-3H3. The maximum Gasteiger partial charge on any atom is 0.314 e. The molecule has 104 valence electrons. The Balaban J connectivity index is 2.12. The van der Waals surface area contributed by atoms with Crippen molar-refractivity contribution in [1.82, 2.24) is 5.32 Å². The Morgan fingerprint density at radius 1 is 1.33 bits per heavy atom. The summed E-state index contributed by atoms with van der Waals surface area (Å²) in [7, 11) is 0. The lowest BCUT2D eigenvalue weighted by Gasteiger charge is -2.38. The fourth-order valence-corrected chi connectivity index (χ4v) is 3.03. The molecule has 0 amide bonds. The van der Waals surface area contributed by atoms with E-state index in [4.69, 9.17) is 9.47 Å². The van der Waals surface area contributed by atoms with Gasteiger partial charge in [0, 0.05) is 19.8 Å². The Bertz CT molecular complexity index is 297. The molecule has 4 nitrogen and oxygen atoms in total. The van der Waals surface area contributed by atoms with Gasteiger partial charge < -0.3 is 14.8 Å². The fraction of sp³-hybridized carbons (Fsp3) is 0.929. The van der Waals surface area contributed by atoms with Crippen LogP contribution in [-0.4, -0.2) is 37.9 Å². The predicted molar refractivity (Wildman–Crippen MR) is 69.3 cm³/mol. The molecular formula is C14H25NO3. The van der Waals surface area contributed by atoms with Crippen molar-refractivity contribution in [2.75, 3.05) is 26.3 Å². The molecule has 1 unspecified atom stereocenters. The van der Waals surface area contributed by atoms with E-state index in [1.807, 2.05) is 20.8 Å². The summed E-state index contributed by atoms with van der Waals surface area (Å²) in [6.07, 6.45) is 2.84. The number of carbonyl (C=O) groups excluding carboxylic acids is 1. The number of hydrogen-bond acceptors (Lipinski definition) is 4. The van der Waals surface area contributed by atoms with E-state index in [0.29, 0.717) is 5.92 Å². The third-order valence-corrected chi connectivity index (χ3v) is 4.00. The van der Waals surface area contributed by atoms with E-state index in [9.17, 15) is 4.79 Å². The molecule has 2 aliphatic heterocycles. The van der Waals surface area contributed by atoms with Crippen LogP contribution in [0.1, 0.15) is 40.0 Å². The van der Waals surface area contributed by atoms with Crippen molar-refractivity contribution in [3.05, 3.63) is 0 Å². The second-order valence-corrected chi connectivity index (χ2v) is 6.47. The smallest absolute Gasteiger partial charge is 0.314 e. The Morgan fingerprint density at radius 3 is 2.50 bits per heavy atom. The first-order chi connectivity index (χ1) is 8.44. The highest BCUT2D eigenvalue weighted by atomic mass is 16.6. The average molecular weight is 255 g/mol. The number of ether oxygens (including phenoxy) is 2. The molecule has 1 atom stereocenters. The van der Waals surface area contributed by atoms with Crippen LogP contribution in [0.4, 0.5) is 0 Å². The lowest BCUT2D eigenvalue weighted by atomic mass is 9.71. The zero-order valence-electron chi connectivity index (χ0n) is 11.8. The van der Waals surface area contributed by atoms with Crippen LogP contribution in [-0.2, 0) is 14.3 Å². The molecule has 0 bridgehead atoms. The van der Waals surface area contributed by atoms with Crippen LogP contribution in [0.2, 0.25) is 0 Å². The maximum absolute atomic E-state index is 12.6. The first-order valence-corrected chi connectivity index (χ1v) is 6.96. The first-order valence-electron chi connectivity index (χ1n) is 6.96. The number of carbonyl (C=O) groups is 1. The van der Waals surface area contributed by atoms with E-state index in [-0.39, 0.29) is 11.4 Å². The lowest BCUT2D eigenvalue weighted by Crippen LogP contribution is -2.46. The van der Waals surface area contributed by atoms with E-state index in [2.05, 4.69) is 5.32 Å². The highest BCUT2D eigenvalue weighted by molar-refractivity contribution is 5.78. The molecule has 0 aromatic heterocycles. The third kappa shape index (κ3) is 2.86. The SMILES string of the molecule is CC(C)(C)OC(=O)C1(C2CCOCC2)CCNC1. The van der Waals surface area contributed by atoms with Gasteiger partial charge in [-0.2, -0.15) is 0 Å². The van der Waals surface area contributed by atoms with Gasteiger partial charge in [-0.3, -0.25) is 4.79 Å². The molecule has 0 saturated carbocycles. The second kappa shape index (κ2) is 5.17. The van der Waals surface area contributed by atoms with Gasteiger partial charge in [0.05, 0.1) is 5.41 Å². The summed E-state index contributed by atoms with van der Waals surface area (Å²) in [5.74, 6) is 0.378. The summed E-state index contributed by atoms with van der Waals surface area (Å²) >= 11 is 0. The molecule has 2 saturated heterocycles. The van der Waals surface area contributed by atoms with Crippen LogP contribution in [0.25, 0.3) is 0 Å². The Labute approximate surface area is 109 Å². The summed E-state index contributed by atoms with van der Waals surface area (Å²) < 4.78 is 11.1. The van der Waals surface area contributed by atoms with Gasteiger partial charge in [-0.1, -0.05) is 0 Å². The van der Waals surface area contributed by atoms with Crippen LogP contribution < -0.4 is 5.32 Å². The Hall–Kier alpha value is -0.610. The minimum atomic E-state index is -0.405. The average Bonchev–Trinajstić information content (AvgIpc) is 2.78. The predicted octanol–water partition coefficient (Wildman–Crippen LogP) is 1.73. The van der Waals surface area contributed by atoms with Crippen molar-refractivity contribution in [1.29, 1.82) is 0 Å². The third-order valence-electron chi connectivity index (χ3n) is 4.00. The zero-order valence-corrected chi connectivity index (χ0v) is 11.8. The summed E-state index contributed by atoms with van der Waals surface area (Å²) in [6.45, 7) is 9.02. The van der Waals surface area contributed by atoms with Gasteiger partial charge in [0.25, 0.3) is 0 Å². The van der Waals surface area contributed by atoms with Crippen molar-refractivity contribution in [2.45, 2.75) is 45.6 Å². The van der Waals surface area contributed by atoms with Gasteiger partial charge in [-0.15, -0.1) is 0 Å². The van der Waals surface area contributed by atoms with Gasteiger partial charge in [0.15, 0.2) is 0 Å². The van der Waals surface area contributed by atoms with E-state index in [0.717, 1.165) is 45.6 Å². The number of nitrogens with one attached hydrogen (secondary N) is 1. The summed E-state index contributed by atoms with van der Waals surface area (Å²) in [5.41, 5.74) is -0.727. The normalized spacial score (nSPS) is 30.4. The Morgan fingerprint density at radius 2 is 2.00 bits per heavy atom. The fourth-order valence-electron chi connectivity index (χ4n) is 3.03. The van der Waals surface area contributed by atoms with E-state index < -0.39 is 5.60 Å². The minimum absolute atomic E-state index is 0.0214. The highest BCUT2D eigenvalue weighted by Gasteiger charge is 2.50. The number of hydrogen-bond donors (Lipinski definition) is 1. The quantitative estimate of drug-likeness (QED) is 0.763. The van der Waals surface area contributed by atoms with Gasteiger partial charge in [0.2, 0.25) is 0 Å². The van der Waals surface area contributed by atoms with Crippen LogP contribution in [0.5, 0.6) is 0 Å².